The van der Waals surface area contributed by atoms with Crippen molar-refractivity contribution < 1.29 is 14.7 Å². The highest BCUT2D eigenvalue weighted by Gasteiger charge is 2.38. The lowest BCUT2D eigenvalue weighted by molar-refractivity contribution is -0.133. The van der Waals surface area contributed by atoms with Crippen molar-refractivity contribution in [1.29, 1.82) is 0 Å². The maximum atomic E-state index is 12.1. The van der Waals surface area contributed by atoms with Crippen LogP contribution in [0.25, 0.3) is 0 Å². The number of benzene rings is 2. The first-order valence-corrected chi connectivity index (χ1v) is 6.77. The summed E-state index contributed by atoms with van der Waals surface area (Å²) in [6.07, 6.45) is 0. The zero-order valence-corrected chi connectivity index (χ0v) is 12.5. The summed E-state index contributed by atoms with van der Waals surface area (Å²) in [4.78, 5) is 25.4. The summed E-state index contributed by atoms with van der Waals surface area (Å²) >= 11 is 0. The zero-order valence-electron chi connectivity index (χ0n) is 12.5. The molecule has 3 N–H and O–H groups in total. The molecule has 0 saturated heterocycles. The average Bonchev–Trinajstić information content (AvgIpc) is 2.54. The number of amides is 2. The van der Waals surface area contributed by atoms with Gasteiger partial charge in [-0.3, -0.25) is 9.59 Å². The van der Waals surface area contributed by atoms with E-state index in [1.54, 1.807) is 62.6 Å². The number of carbonyl (C=O) groups is 2. The molecule has 0 radical (unpaired) electrons. The molecular weight excluding hydrogens is 280 g/mol. The van der Waals surface area contributed by atoms with E-state index in [-0.39, 0.29) is 11.5 Å². The number of primary amides is 1. The third-order valence-electron chi connectivity index (χ3n) is 3.48. The van der Waals surface area contributed by atoms with Crippen molar-refractivity contribution in [3.05, 3.63) is 71.3 Å². The Morgan fingerprint density at radius 3 is 2.14 bits per heavy atom. The van der Waals surface area contributed by atoms with Gasteiger partial charge in [-0.25, -0.2) is 0 Å². The van der Waals surface area contributed by atoms with Crippen LogP contribution in [0, 0.1) is 0 Å². The maximum absolute atomic E-state index is 12.1. The first kappa shape index (κ1) is 15.7. The summed E-state index contributed by atoms with van der Waals surface area (Å²) < 4.78 is 0. The summed E-state index contributed by atoms with van der Waals surface area (Å²) in [6, 6.07) is 14.7. The molecule has 22 heavy (non-hydrogen) atoms. The largest absolute Gasteiger partial charge is 0.372 e. The number of aliphatic hydroxyl groups is 1. The Bertz CT molecular complexity index is 698. The standard InChI is InChI=1S/C17H18N2O3/c1-19(2)15(20)12-7-6-10-14(11-12)17(22,16(18)21)13-8-4-3-5-9-13/h3-11,22H,1-2H3,(H2,18,21). The quantitative estimate of drug-likeness (QED) is 0.887. The van der Waals surface area contributed by atoms with Gasteiger partial charge in [0, 0.05) is 19.7 Å². The second-order valence-electron chi connectivity index (χ2n) is 5.22. The molecule has 0 bridgehead atoms. The number of nitrogens with zero attached hydrogens (tertiary/aromatic N) is 1. The molecule has 0 aromatic heterocycles. The van der Waals surface area contributed by atoms with E-state index in [0.717, 1.165) is 0 Å². The van der Waals surface area contributed by atoms with Crippen molar-refractivity contribution in [3.8, 4) is 0 Å². The molecule has 0 heterocycles. The lowest BCUT2D eigenvalue weighted by Crippen LogP contribution is -2.42. The number of hydrogen-bond donors (Lipinski definition) is 2. The monoisotopic (exact) mass is 298 g/mol. The van der Waals surface area contributed by atoms with Crippen molar-refractivity contribution in [3.63, 3.8) is 0 Å². The van der Waals surface area contributed by atoms with Crippen LogP contribution >= 0.6 is 0 Å². The van der Waals surface area contributed by atoms with Gasteiger partial charge < -0.3 is 15.7 Å². The first-order chi connectivity index (χ1) is 10.4. The van der Waals surface area contributed by atoms with Crippen LogP contribution in [0.4, 0.5) is 0 Å². The van der Waals surface area contributed by atoms with E-state index >= 15 is 0 Å². The minimum absolute atomic E-state index is 0.221. The number of carbonyl (C=O) groups excluding carboxylic acids is 2. The molecule has 2 aromatic carbocycles. The van der Waals surface area contributed by atoms with Gasteiger partial charge in [0.15, 0.2) is 5.60 Å². The van der Waals surface area contributed by atoms with Gasteiger partial charge in [-0.05, 0) is 23.3 Å². The topological polar surface area (TPSA) is 83.6 Å². The Morgan fingerprint density at radius 1 is 1.00 bits per heavy atom. The van der Waals surface area contributed by atoms with Crippen molar-refractivity contribution in [1.82, 2.24) is 4.90 Å². The van der Waals surface area contributed by atoms with Crippen LogP contribution in [0.15, 0.2) is 54.6 Å². The molecule has 2 rings (SSSR count). The third-order valence-corrected chi connectivity index (χ3v) is 3.48. The van der Waals surface area contributed by atoms with Crippen LogP contribution < -0.4 is 5.73 Å². The SMILES string of the molecule is CN(C)C(=O)c1cccc(C(O)(C(N)=O)c2ccccc2)c1. The predicted molar refractivity (Wildman–Crippen MR) is 83.1 cm³/mol. The number of hydrogen-bond acceptors (Lipinski definition) is 3. The summed E-state index contributed by atoms with van der Waals surface area (Å²) in [7, 11) is 3.26. The van der Waals surface area contributed by atoms with Gasteiger partial charge in [0.25, 0.3) is 11.8 Å². The molecule has 0 aliphatic rings. The van der Waals surface area contributed by atoms with E-state index in [2.05, 4.69) is 0 Å². The molecule has 0 aliphatic carbocycles. The Kier molecular flexibility index (Phi) is 4.28. The van der Waals surface area contributed by atoms with Crippen molar-refractivity contribution in [2.45, 2.75) is 5.60 Å². The highest BCUT2D eigenvalue weighted by Crippen LogP contribution is 2.30. The average molecular weight is 298 g/mol. The van der Waals surface area contributed by atoms with Gasteiger partial charge in [-0.2, -0.15) is 0 Å². The van der Waals surface area contributed by atoms with Gasteiger partial charge in [-0.15, -0.1) is 0 Å². The summed E-state index contributed by atoms with van der Waals surface area (Å²) in [5.74, 6) is -1.12. The van der Waals surface area contributed by atoms with E-state index in [1.165, 1.54) is 11.0 Å². The molecule has 0 saturated carbocycles. The van der Waals surface area contributed by atoms with Gasteiger partial charge >= 0.3 is 0 Å². The molecule has 0 fully saturated rings. The molecule has 1 unspecified atom stereocenters. The molecule has 5 heteroatoms. The van der Waals surface area contributed by atoms with Gasteiger partial charge in [-0.1, -0.05) is 42.5 Å². The van der Waals surface area contributed by atoms with Crippen LogP contribution in [-0.4, -0.2) is 35.9 Å². The highest BCUT2D eigenvalue weighted by molar-refractivity contribution is 5.95. The van der Waals surface area contributed by atoms with Gasteiger partial charge in [0.05, 0.1) is 0 Å². The Hall–Kier alpha value is -2.66. The van der Waals surface area contributed by atoms with Crippen LogP contribution in [0.5, 0.6) is 0 Å². The normalized spacial score (nSPS) is 13.2. The molecule has 114 valence electrons. The lowest BCUT2D eigenvalue weighted by atomic mass is 9.85. The smallest absolute Gasteiger partial charge is 0.258 e. The predicted octanol–water partition coefficient (Wildman–Crippen LogP) is 1.11. The Morgan fingerprint density at radius 2 is 1.59 bits per heavy atom. The van der Waals surface area contributed by atoms with E-state index in [1.807, 2.05) is 0 Å². The van der Waals surface area contributed by atoms with Gasteiger partial charge in [0.2, 0.25) is 0 Å². The Labute approximate surface area is 129 Å². The number of rotatable bonds is 4. The molecular formula is C17H18N2O3. The highest BCUT2D eigenvalue weighted by atomic mass is 16.3. The molecule has 1 atom stereocenters. The molecule has 5 nitrogen and oxygen atoms in total. The van der Waals surface area contributed by atoms with Gasteiger partial charge in [0.1, 0.15) is 0 Å². The molecule has 2 amide bonds. The fourth-order valence-electron chi connectivity index (χ4n) is 2.27. The number of nitrogens with two attached hydrogens (primary N) is 1. The molecule has 0 aliphatic heterocycles. The van der Waals surface area contributed by atoms with Crippen molar-refractivity contribution >= 4 is 11.8 Å². The van der Waals surface area contributed by atoms with E-state index in [4.69, 9.17) is 5.73 Å². The van der Waals surface area contributed by atoms with E-state index in [9.17, 15) is 14.7 Å². The first-order valence-electron chi connectivity index (χ1n) is 6.77. The van der Waals surface area contributed by atoms with E-state index in [0.29, 0.717) is 11.1 Å². The van der Waals surface area contributed by atoms with Crippen LogP contribution in [0.1, 0.15) is 21.5 Å². The molecule has 2 aromatic rings. The zero-order chi connectivity index (χ0) is 16.3. The maximum Gasteiger partial charge on any atom is 0.258 e. The fraction of sp³-hybridized carbons (Fsp3) is 0.176. The molecule has 0 spiro atoms. The van der Waals surface area contributed by atoms with E-state index < -0.39 is 11.5 Å². The van der Waals surface area contributed by atoms with Crippen molar-refractivity contribution in [2.24, 2.45) is 5.73 Å². The van der Waals surface area contributed by atoms with Crippen LogP contribution in [0.3, 0.4) is 0 Å². The van der Waals surface area contributed by atoms with Crippen molar-refractivity contribution in [2.75, 3.05) is 14.1 Å². The Balaban J connectivity index is 2.58. The summed E-state index contributed by atoms with van der Waals surface area (Å²) in [6.45, 7) is 0. The third kappa shape index (κ3) is 2.71. The minimum atomic E-state index is -1.98. The summed E-state index contributed by atoms with van der Waals surface area (Å²) in [5.41, 5.74) is 4.45. The summed E-state index contributed by atoms with van der Waals surface area (Å²) in [5, 5.41) is 10.9. The minimum Gasteiger partial charge on any atom is -0.372 e. The van der Waals surface area contributed by atoms with Crippen LogP contribution in [-0.2, 0) is 10.4 Å². The lowest BCUT2D eigenvalue weighted by Gasteiger charge is -2.26. The fourth-order valence-corrected chi connectivity index (χ4v) is 2.27. The second-order valence-corrected chi connectivity index (χ2v) is 5.22. The second kappa shape index (κ2) is 5.99. The van der Waals surface area contributed by atoms with Crippen LogP contribution in [0.2, 0.25) is 0 Å².